The predicted octanol–water partition coefficient (Wildman–Crippen LogP) is 2.22. The molecule has 2 aromatic rings. The monoisotopic (exact) mass is 251 g/mol. The van der Waals surface area contributed by atoms with Gasteiger partial charge in [0.25, 0.3) is 0 Å². The maximum atomic E-state index is 10.6. The van der Waals surface area contributed by atoms with Crippen molar-refractivity contribution in [2.24, 2.45) is 5.73 Å². The van der Waals surface area contributed by atoms with Crippen LogP contribution in [-0.4, -0.2) is 17.1 Å². The molecule has 90 valence electrons. The summed E-state index contributed by atoms with van der Waals surface area (Å²) in [5.41, 5.74) is 6.45. The van der Waals surface area contributed by atoms with Crippen LogP contribution in [0.2, 0.25) is 0 Å². The molecule has 0 radical (unpaired) electrons. The Balaban J connectivity index is 0.00000144. The van der Waals surface area contributed by atoms with Gasteiger partial charge in [0.15, 0.2) is 0 Å². The second-order valence-electron chi connectivity index (χ2n) is 3.83. The summed E-state index contributed by atoms with van der Waals surface area (Å²) in [6, 6.07) is 13.0. The lowest BCUT2D eigenvalue weighted by Gasteiger charge is -2.07. The van der Waals surface area contributed by atoms with Gasteiger partial charge in [-0.25, -0.2) is 0 Å². The smallest absolute Gasteiger partial charge is 0.320 e. The lowest BCUT2D eigenvalue weighted by Crippen LogP contribution is -2.32. The van der Waals surface area contributed by atoms with Crippen LogP contribution in [0.4, 0.5) is 0 Å². The maximum absolute atomic E-state index is 10.6. The van der Waals surface area contributed by atoms with E-state index in [2.05, 4.69) is 0 Å². The Bertz CT molecular complexity index is 528. The van der Waals surface area contributed by atoms with Gasteiger partial charge in [-0.05, 0) is 22.8 Å². The first kappa shape index (κ1) is 13.5. The Hall–Kier alpha value is -1.58. The van der Waals surface area contributed by atoms with Crippen LogP contribution < -0.4 is 5.73 Å². The minimum atomic E-state index is -0.965. The lowest BCUT2D eigenvalue weighted by molar-refractivity contribution is -0.138. The summed E-state index contributed by atoms with van der Waals surface area (Å²) < 4.78 is 0. The third-order valence-corrected chi connectivity index (χ3v) is 2.59. The zero-order valence-corrected chi connectivity index (χ0v) is 9.98. The number of halogens is 1. The summed E-state index contributed by atoms with van der Waals surface area (Å²) in [6.45, 7) is 0. The molecular weight excluding hydrogens is 238 g/mol. The number of carbonyl (C=O) groups is 1. The van der Waals surface area contributed by atoms with Crippen molar-refractivity contribution in [1.82, 2.24) is 0 Å². The molecule has 2 rings (SSSR count). The SMILES string of the molecule is Cl.N[C@H](Cc1ccc2ccccc2c1)C(=O)O. The van der Waals surface area contributed by atoms with Crippen molar-refractivity contribution in [3.8, 4) is 0 Å². The molecule has 0 saturated carbocycles. The number of rotatable bonds is 3. The van der Waals surface area contributed by atoms with E-state index in [9.17, 15) is 4.79 Å². The van der Waals surface area contributed by atoms with Crippen molar-refractivity contribution in [1.29, 1.82) is 0 Å². The van der Waals surface area contributed by atoms with Crippen molar-refractivity contribution in [3.63, 3.8) is 0 Å². The highest BCUT2D eigenvalue weighted by atomic mass is 35.5. The third-order valence-electron chi connectivity index (χ3n) is 2.59. The van der Waals surface area contributed by atoms with E-state index in [-0.39, 0.29) is 12.4 Å². The van der Waals surface area contributed by atoms with Crippen LogP contribution in [0.25, 0.3) is 10.8 Å². The summed E-state index contributed by atoms with van der Waals surface area (Å²) in [6.07, 6.45) is 0.361. The number of benzene rings is 2. The Morgan fingerprint density at radius 1 is 1.18 bits per heavy atom. The summed E-state index contributed by atoms with van der Waals surface area (Å²) >= 11 is 0. The molecule has 0 spiro atoms. The molecule has 0 amide bonds. The molecule has 17 heavy (non-hydrogen) atoms. The van der Waals surface area contributed by atoms with Gasteiger partial charge in [-0.15, -0.1) is 12.4 Å². The molecule has 0 aliphatic heterocycles. The van der Waals surface area contributed by atoms with Crippen molar-refractivity contribution in [3.05, 3.63) is 48.0 Å². The molecule has 0 aromatic heterocycles. The van der Waals surface area contributed by atoms with Gasteiger partial charge in [0, 0.05) is 0 Å². The molecule has 0 bridgehead atoms. The van der Waals surface area contributed by atoms with Crippen molar-refractivity contribution < 1.29 is 9.90 Å². The minimum absolute atomic E-state index is 0. The molecule has 2 aromatic carbocycles. The molecular formula is C13H14ClNO2. The zero-order valence-electron chi connectivity index (χ0n) is 9.17. The Morgan fingerprint density at radius 3 is 2.47 bits per heavy atom. The standard InChI is InChI=1S/C13H13NO2.ClH/c14-12(13(15)16)8-9-5-6-10-3-1-2-4-11(10)7-9;/h1-7,12H,8,14H2,(H,15,16);1H/t12-;/m1./s1. The van der Waals surface area contributed by atoms with E-state index in [1.165, 1.54) is 0 Å². The van der Waals surface area contributed by atoms with Crippen LogP contribution in [0, 0.1) is 0 Å². The molecule has 3 nitrogen and oxygen atoms in total. The minimum Gasteiger partial charge on any atom is -0.480 e. The second-order valence-corrected chi connectivity index (χ2v) is 3.83. The number of hydrogen-bond acceptors (Lipinski definition) is 2. The molecule has 0 heterocycles. The van der Waals surface area contributed by atoms with E-state index >= 15 is 0 Å². The largest absolute Gasteiger partial charge is 0.480 e. The lowest BCUT2D eigenvalue weighted by atomic mass is 10.0. The van der Waals surface area contributed by atoms with Gasteiger partial charge < -0.3 is 10.8 Å². The Kier molecular flexibility index (Phi) is 4.49. The molecule has 1 atom stereocenters. The fourth-order valence-corrected chi connectivity index (χ4v) is 1.71. The van der Waals surface area contributed by atoms with Crippen LogP contribution in [0.5, 0.6) is 0 Å². The number of hydrogen-bond donors (Lipinski definition) is 2. The maximum Gasteiger partial charge on any atom is 0.320 e. The topological polar surface area (TPSA) is 63.3 Å². The molecule has 0 aliphatic rings. The highest BCUT2D eigenvalue weighted by Crippen LogP contribution is 2.16. The highest BCUT2D eigenvalue weighted by Gasteiger charge is 2.11. The van der Waals surface area contributed by atoms with Crippen LogP contribution in [0.3, 0.4) is 0 Å². The van der Waals surface area contributed by atoms with Gasteiger partial charge in [0.05, 0.1) is 0 Å². The van der Waals surface area contributed by atoms with E-state index in [1.54, 1.807) is 0 Å². The van der Waals surface area contributed by atoms with E-state index in [0.717, 1.165) is 16.3 Å². The Labute approximate surface area is 106 Å². The summed E-state index contributed by atoms with van der Waals surface area (Å²) in [5, 5.41) is 11.0. The molecule has 0 unspecified atom stereocenters. The van der Waals surface area contributed by atoms with Crippen molar-refractivity contribution in [2.75, 3.05) is 0 Å². The highest BCUT2D eigenvalue weighted by molar-refractivity contribution is 5.85. The van der Waals surface area contributed by atoms with Gasteiger partial charge in [0.2, 0.25) is 0 Å². The first-order valence-corrected chi connectivity index (χ1v) is 5.13. The normalized spacial score (nSPS) is 11.8. The number of nitrogens with two attached hydrogens (primary N) is 1. The molecule has 0 fully saturated rings. The Morgan fingerprint density at radius 2 is 1.82 bits per heavy atom. The van der Waals surface area contributed by atoms with Crippen molar-refractivity contribution >= 4 is 29.1 Å². The second kappa shape index (κ2) is 5.66. The fraction of sp³-hybridized carbons (Fsp3) is 0.154. The average Bonchev–Trinajstić information content (AvgIpc) is 2.28. The number of carboxylic acids is 1. The first-order chi connectivity index (χ1) is 7.66. The summed E-state index contributed by atoms with van der Waals surface area (Å²) in [4.78, 5) is 10.6. The average molecular weight is 252 g/mol. The van der Waals surface area contributed by atoms with Crippen LogP contribution in [0.15, 0.2) is 42.5 Å². The van der Waals surface area contributed by atoms with Crippen LogP contribution in [-0.2, 0) is 11.2 Å². The van der Waals surface area contributed by atoms with E-state index in [0.29, 0.717) is 6.42 Å². The van der Waals surface area contributed by atoms with Crippen LogP contribution in [0.1, 0.15) is 5.56 Å². The molecule has 0 aliphatic carbocycles. The molecule has 3 N–H and O–H groups in total. The fourth-order valence-electron chi connectivity index (χ4n) is 1.71. The molecule has 0 saturated heterocycles. The number of carboxylic acid groups (broad SMARTS) is 1. The predicted molar refractivity (Wildman–Crippen MR) is 70.5 cm³/mol. The number of fused-ring (bicyclic) bond motifs is 1. The van der Waals surface area contributed by atoms with Gasteiger partial charge >= 0.3 is 5.97 Å². The van der Waals surface area contributed by atoms with Gasteiger partial charge in [-0.2, -0.15) is 0 Å². The van der Waals surface area contributed by atoms with Gasteiger partial charge in [-0.1, -0.05) is 42.5 Å². The summed E-state index contributed by atoms with van der Waals surface area (Å²) in [7, 11) is 0. The van der Waals surface area contributed by atoms with E-state index < -0.39 is 12.0 Å². The van der Waals surface area contributed by atoms with Crippen molar-refractivity contribution in [2.45, 2.75) is 12.5 Å². The van der Waals surface area contributed by atoms with Gasteiger partial charge in [0.1, 0.15) is 6.04 Å². The first-order valence-electron chi connectivity index (χ1n) is 5.13. The quantitative estimate of drug-likeness (QED) is 0.879. The molecule has 4 heteroatoms. The summed E-state index contributed by atoms with van der Waals surface area (Å²) in [5.74, 6) is -0.965. The number of aliphatic carboxylic acids is 1. The van der Waals surface area contributed by atoms with E-state index in [4.69, 9.17) is 10.8 Å². The third kappa shape index (κ3) is 3.19. The van der Waals surface area contributed by atoms with E-state index in [1.807, 2.05) is 42.5 Å². The van der Waals surface area contributed by atoms with Gasteiger partial charge in [-0.3, -0.25) is 4.79 Å². The van der Waals surface area contributed by atoms with Crippen LogP contribution >= 0.6 is 12.4 Å². The zero-order chi connectivity index (χ0) is 11.5.